The van der Waals surface area contributed by atoms with Crippen LogP contribution in [0, 0.1) is 0 Å². The number of rotatable bonds is 7. The fraction of sp³-hybridized carbons (Fsp3) is 0.267. The second kappa shape index (κ2) is 7.38. The number of benzene rings is 1. The maximum Gasteiger partial charge on any atom is 0.137 e. The Morgan fingerprint density at radius 2 is 1.89 bits per heavy atom. The molecule has 0 atom stereocenters. The largest absolute Gasteiger partial charge is 0.490 e. The van der Waals surface area contributed by atoms with E-state index >= 15 is 0 Å². The molecule has 0 radical (unpaired) electrons. The summed E-state index contributed by atoms with van der Waals surface area (Å²) < 4.78 is 11.3. The molecule has 2 aromatic rings. The predicted octanol–water partition coefficient (Wildman–Crippen LogP) is 2.26. The summed E-state index contributed by atoms with van der Waals surface area (Å²) in [4.78, 5) is 3.99. The molecule has 0 fully saturated rings. The minimum Gasteiger partial charge on any atom is -0.490 e. The van der Waals surface area contributed by atoms with Crippen LogP contribution in [0.2, 0.25) is 0 Å². The lowest BCUT2D eigenvalue weighted by Gasteiger charge is -2.11. The molecular formula is C15H18N2O2. The number of nitrogens with zero attached hydrogens (tertiary/aromatic N) is 1. The average molecular weight is 258 g/mol. The summed E-state index contributed by atoms with van der Waals surface area (Å²) in [5.74, 6) is 1.65. The van der Waals surface area contributed by atoms with Gasteiger partial charge in [-0.05, 0) is 25.2 Å². The van der Waals surface area contributed by atoms with E-state index in [0.717, 1.165) is 23.6 Å². The van der Waals surface area contributed by atoms with Crippen LogP contribution in [0.15, 0.2) is 48.8 Å². The SMILES string of the molecule is CNCc1ccccc1OCCOc1cccnc1. The van der Waals surface area contributed by atoms with E-state index in [-0.39, 0.29) is 0 Å². The van der Waals surface area contributed by atoms with E-state index in [2.05, 4.69) is 10.3 Å². The Morgan fingerprint density at radius 3 is 2.68 bits per heavy atom. The van der Waals surface area contributed by atoms with Gasteiger partial charge < -0.3 is 14.8 Å². The molecule has 2 rings (SSSR count). The molecule has 0 amide bonds. The van der Waals surface area contributed by atoms with Crippen molar-refractivity contribution in [1.82, 2.24) is 10.3 Å². The van der Waals surface area contributed by atoms with Gasteiger partial charge in [-0.15, -0.1) is 0 Å². The smallest absolute Gasteiger partial charge is 0.137 e. The van der Waals surface area contributed by atoms with Crippen LogP contribution in [0.5, 0.6) is 11.5 Å². The summed E-state index contributed by atoms with van der Waals surface area (Å²) in [6, 6.07) is 11.7. The molecule has 0 saturated heterocycles. The number of pyridine rings is 1. The Balaban J connectivity index is 1.79. The quantitative estimate of drug-likeness (QED) is 0.774. The summed E-state index contributed by atoms with van der Waals surface area (Å²) in [6.07, 6.45) is 3.41. The molecule has 0 bridgehead atoms. The van der Waals surface area contributed by atoms with Crippen LogP contribution in [0.25, 0.3) is 0 Å². The van der Waals surface area contributed by atoms with Gasteiger partial charge >= 0.3 is 0 Å². The van der Waals surface area contributed by atoms with Crippen molar-refractivity contribution >= 4 is 0 Å². The summed E-state index contributed by atoms with van der Waals surface area (Å²) in [6.45, 7) is 1.80. The third kappa shape index (κ3) is 4.26. The number of ether oxygens (including phenoxy) is 2. The van der Waals surface area contributed by atoms with Gasteiger partial charge in [-0.25, -0.2) is 0 Å². The van der Waals surface area contributed by atoms with E-state index in [0.29, 0.717) is 13.2 Å². The molecule has 1 N–H and O–H groups in total. The Labute approximate surface area is 113 Å². The zero-order valence-corrected chi connectivity index (χ0v) is 11.0. The van der Waals surface area contributed by atoms with Crippen LogP contribution in [-0.4, -0.2) is 25.2 Å². The van der Waals surface area contributed by atoms with Crippen molar-refractivity contribution < 1.29 is 9.47 Å². The van der Waals surface area contributed by atoms with Gasteiger partial charge in [-0.2, -0.15) is 0 Å². The standard InChI is InChI=1S/C15H18N2O2/c1-16-11-13-5-2-3-7-15(13)19-10-9-18-14-6-4-8-17-12-14/h2-8,12,16H,9-11H2,1H3. The Kier molecular flexibility index (Phi) is 5.19. The third-order valence-corrected chi connectivity index (χ3v) is 2.58. The number of hydrogen-bond donors (Lipinski definition) is 1. The lowest BCUT2D eigenvalue weighted by atomic mass is 10.2. The van der Waals surface area contributed by atoms with E-state index in [9.17, 15) is 0 Å². The zero-order chi connectivity index (χ0) is 13.3. The van der Waals surface area contributed by atoms with Gasteiger partial charge in [0.15, 0.2) is 0 Å². The number of para-hydroxylation sites is 1. The van der Waals surface area contributed by atoms with Gasteiger partial charge in [0, 0.05) is 18.3 Å². The molecule has 1 aromatic carbocycles. The molecular weight excluding hydrogens is 240 g/mol. The van der Waals surface area contributed by atoms with Gasteiger partial charge in [0.25, 0.3) is 0 Å². The van der Waals surface area contributed by atoms with Crippen molar-refractivity contribution in [2.45, 2.75) is 6.54 Å². The molecule has 0 aliphatic heterocycles. The molecule has 100 valence electrons. The number of hydrogen-bond acceptors (Lipinski definition) is 4. The topological polar surface area (TPSA) is 43.4 Å². The van der Waals surface area contributed by atoms with Crippen LogP contribution in [0.3, 0.4) is 0 Å². The van der Waals surface area contributed by atoms with Crippen molar-refractivity contribution in [3.63, 3.8) is 0 Å². The first-order valence-electron chi connectivity index (χ1n) is 6.28. The molecule has 4 heteroatoms. The van der Waals surface area contributed by atoms with E-state index in [1.165, 1.54) is 0 Å². The highest BCUT2D eigenvalue weighted by Crippen LogP contribution is 2.17. The van der Waals surface area contributed by atoms with Crippen molar-refractivity contribution in [1.29, 1.82) is 0 Å². The van der Waals surface area contributed by atoms with E-state index in [1.807, 2.05) is 43.4 Å². The number of aromatic nitrogens is 1. The summed E-state index contributed by atoms with van der Waals surface area (Å²) in [5.41, 5.74) is 1.14. The maximum absolute atomic E-state index is 5.73. The average Bonchev–Trinajstić information content (AvgIpc) is 2.47. The van der Waals surface area contributed by atoms with Gasteiger partial charge in [-0.3, -0.25) is 4.98 Å². The van der Waals surface area contributed by atoms with Crippen molar-refractivity contribution in [3.8, 4) is 11.5 Å². The first kappa shape index (κ1) is 13.4. The molecule has 0 spiro atoms. The molecule has 1 aromatic heterocycles. The van der Waals surface area contributed by atoms with E-state index in [4.69, 9.17) is 9.47 Å². The Bertz CT molecular complexity index is 489. The highest BCUT2D eigenvalue weighted by Gasteiger charge is 2.01. The first-order chi connectivity index (χ1) is 9.40. The van der Waals surface area contributed by atoms with Crippen LogP contribution < -0.4 is 14.8 Å². The van der Waals surface area contributed by atoms with Crippen LogP contribution in [-0.2, 0) is 6.54 Å². The minimum absolute atomic E-state index is 0.500. The van der Waals surface area contributed by atoms with Gasteiger partial charge in [0.05, 0.1) is 6.20 Å². The second-order valence-electron chi connectivity index (χ2n) is 4.02. The Hall–Kier alpha value is -2.07. The summed E-state index contributed by atoms with van der Waals surface area (Å²) in [5, 5.41) is 3.12. The third-order valence-electron chi connectivity index (χ3n) is 2.58. The van der Waals surface area contributed by atoms with Crippen LogP contribution in [0.4, 0.5) is 0 Å². The fourth-order valence-corrected chi connectivity index (χ4v) is 1.72. The highest BCUT2D eigenvalue weighted by molar-refractivity contribution is 5.33. The molecule has 1 heterocycles. The lowest BCUT2D eigenvalue weighted by molar-refractivity contribution is 0.215. The van der Waals surface area contributed by atoms with Crippen LogP contribution >= 0.6 is 0 Å². The maximum atomic E-state index is 5.73. The van der Waals surface area contributed by atoms with Crippen LogP contribution in [0.1, 0.15) is 5.56 Å². The molecule has 0 unspecified atom stereocenters. The molecule has 0 aliphatic rings. The van der Waals surface area contributed by atoms with Crippen molar-refractivity contribution in [2.75, 3.05) is 20.3 Å². The molecule has 0 aliphatic carbocycles. The zero-order valence-electron chi connectivity index (χ0n) is 11.0. The number of nitrogens with one attached hydrogen (secondary N) is 1. The minimum atomic E-state index is 0.500. The van der Waals surface area contributed by atoms with Crippen molar-refractivity contribution in [2.24, 2.45) is 0 Å². The molecule has 19 heavy (non-hydrogen) atoms. The monoisotopic (exact) mass is 258 g/mol. The summed E-state index contributed by atoms with van der Waals surface area (Å²) >= 11 is 0. The van der Waals surface area contributed by atoms with Gasteiger partial charge in [-0.1, -0.05) is 18.2 Å². The normalized spacial score (nSPS) is 10.2. The predicted molar refractivity (Wildman–Crippen MR) is 74.4 cm³/mol. The Morgan fingerprint density at radius 1 is 1.05 bits per heavy atom. The lowest BCUT2D eigenvalue weighted by Crippen LogP contribution is -2.12. The fourth-order valence-electron chi connectivity index (χ4n) is 1.72. The van der Waals surface area contributed by atoms with E-state index in [1.54, 1.807) is 12.4 Å². The molecule has 0 saturated carbocycles. The second-order valence-corrected chi connectivity index (χ2v) is 4.02. The summed E-state index contributed by atoms with van der Waals surface area (Å²) in [7, 11) is 1.92. The van der Waals surface area contributed by atoms with Crippen molar-refractivity contribution in [3.05, 3.63) is 54.4 Å². The van der Waals surface area contributed by atoms with E-state index < -0.39 is 0 Å². The highest BCUT2D eigenvalue weighted by atomic mass is 16.5. The van der Waals surface area contributed by atoms with Gasteiger partial charge in [0.2, 0.25) is 0 Å². The first-order valence-corrected chi connectivity index (χ1v) is 6.28. The van der Waals surface area contributed by atoms with Gasteiger partial charge in [0.1, 0.15) is 24.7 Å². The molecule has 4 nitrogen and oxygen atoms in total.